The van der Waals surface area contributed by atoms with E-state index in [4.69, 9.17) is 0 Å². The van der Waals surface area contributed by atoms with Gasteiger partial charge < -0.3 is 14.0 Å². The van der Waals surface area contributed by atoms with Crippen molar-refractivity contribution in [1.29, 1.82) is 0 Å². The highest BCUT2D eigenvalue weighted by Crippen LogP contribution is 2.51. The molecule has 3 atom stereocenters. The fraction of sp³-hybridized carbons (Fsp3) is 0.123. The molecule has 3 unspecified atom stereocenters. The molecular weight excluding hydrogens is 755 g/mol. The quantitative estimate of drug-likeness (QED) is 0.158. The largest absolute Gasteiger partial charge is 0.313 e. The first-order valence-electron chi connectivity index (χ1n) is 21.8. The molecule has 0 radical (unpaired) electrons. The predicted molar refractivity (Wildman–Crippen MR) is 261 cm³/mol. The predicted octanol–water partition coefficient (Wildman–Crippen LogP) is 13.1. The minimum absolute atomic E-state index is 0.210. The molecule has 7 aromatic carbocycles. The standard InChI is InChI=1S/C57H47N3Si/c1-39-27-29-41(30-28-39)58-52-33-31-42(59-49-24-11-8-20-45(49)46-21-9-12-25-50(46)59)37-54(52)61(44-18-6-4-7-19-44,57(3)35-14-5-15-36-57)55-38-43(32-34-53(55)58)60-51-26-13-10-22-47(51)48-23-16-17-40(2)56(48)60/h4-16,18-35,37-38,40H,17,36H2,1-3H3. The summed E-state index contributed by atoms with van der Waals surface area (Å²) in [6.45, 7) is 7.13. The van der Waals surface area contributed by atoms with Crippen LogP contribution in [0.5, 0.6) is 0 Å². The Bertz CT molecular complexity index is 3260. The highest BCUT2D eigenvalue weighted by Gasteiger charge is 2.57. The number of rotatable bonds is 5. The van der Waals surface area contributed by atoms with Crippen LogP contribution < -0.4 is 20.5 Å². The van der Waals surface area contributed by atoms with Gasteiger partial charge in [-0.05, 0) is 107 Å². The number of aromatic nitrogens is 2. The number of para-hydroxylation sites is 3. The maximum absolute atomic E-state index is 3.07. The molecular formula is C57H47N3Si. The molecule has 294 valence electrons. The van der Waals surface area contributed by atoms with Gasteiger partial charge in [-0.3, -0.25) is 0 Å². The number of hydrogen-bond acceptors (Lipinski definition) is 1. The van der Waals surface area contributed by atoms with Crippen LogP contribution >= 0.6 is 0 Å². The minimum atomic E-state index is -3.07. The Kier molecular flexibility index (Phi) is 8.01. The van der Waals surface area contributed by atoms with E-state index < -0.39 is 8.07 Å². The van der Waals surface area contributed by atoms with Crippen molar-refractivity contribution in [2.75, 3.05) is 4.90 Å². The van der Waals surface area contributed by atoms with Crippen LogP contribution in [0.25, 0.3) is 50.2 Å². The van der Waals surface area contributed by atoms with E-state index in [1.54, 1.807) is 0 Å². The molecule has 3 nitrogen and oxygen atoms in total. The van der Waals surface area contributed by atoms with Gasteiger partial charge in [0.1, 0.15) is 0 Å². The molecule has 0 spiro atoms. The Labute approximate surface area is 358 Å². The third-order valence-corrected chi connectivity index (χ3v) is 19.8. The van der Waals surface area contributed by atoms with Crippen molar-refractivity contribution in [3.05, 3.63) is 211 Å². The summed E-state index contributed by atoms with van der Waals surface area (Å²) < 4.78 is 5.10. The topological polar surface area (TPSA) is 13.1 Å². The first kappa shape index (κ1) is 36.0. The maximum Gasteiger partial charge on any atom is 0.163 e. The summed E-state index contributed by atoms with van der Waals surface area (Å²) in [5.74, 6) is 0.391. The smallest absolute Gasteiger partial charge is 0.163 e. The van der Waals surface area contributed by atoms with Crippen LogP contribution in [0.3, 0.4) is 0 Å². The summed E-state index contributed by atoms with van der Waals surface area (Å²) in [6.07, 6.45) is 16.2. The lowest BCUT2D eigenvalue weighted by atomic mass is 9.93. The molecule has 9 aromatic rings. The van der Waals surface area contributed by atoms with Crippen molar-refractivity contribution in [3.63, 3.8) is 0 Å². The van der Waals surface area contributed by atoms with Crippen LogP contribution in [-0.4, -0.2) is 17.2 Å². The van der Waals surface area contributed by atoms with E-state index in [1.807, 2.05) is 0 Å². The van der Waals surface area contributed by atoms with Crippen LogP contribution in [-0.2, 0) is 0 Å². The summed E-state index contributed by atoms with van der Waals surface area (Å²) >= 11 is 0. The second kappa shape index (κ2) is 13.6. The number of anilines is 3. The Morgan fingerprint density at radius 3 is 1.74 bits per heavy atom. The number of benzene rings is 7. The van der Waals surface area contributed by atoms with E-state index in [9.17, 15) is 0 Å². The molecule has 0 saturated heterocycles. The van der Waals surface area contributed by atoms with E-state index in [0.717, 1.165) is 12.8 Å². The van der Waals surface area contributed by atoms with Gasteiger partial charge in [0, 0.05) is 61.8 Å². The summed E-state index contributed by atoms with van der Waals surface area (Å²) in [5, 5.41) is 7.96. The monoisotopic (exact) mass is 801 g/mol. The van der Waals surface area contributed by atoms with Crippen molar-refractivity contribution in [1.82, 2.24) is 9.13 Å². The third-order valence-electron chi connectivity index (χ3n) is 14.1. The molecule has 3 heterocycles. The zero-order valence-corrected chi connectivity index (χ0v) is 35.9. The lowest BCUT2D eigenvalue weighted by Gasteiger charge is -2.53. The van der Waals surface area contributed by atoms with E-state index in [-0.39, 0.29) is 5.04 Å². The van der Waals surface area contributed by atoms with E-state index >= 15 is 0 Å². The molecule has 0 fully saturated rings. The zero-order chi connectivity index (χ0) is 40.9. The van der Waals surface area contributed by atoms with Gasteiger partial charge in [-0.15, -0.1) is 0 Å². The highest BCUT2D eigenvalue weighted by molar-refractivity contribution is 7.15. The van der Waals surface area contributed by atoms with Gasteiger partial charge >= 0.3 is 0 Å². The number of fused-ring (bicyclic) bond motifs is 8. The fourth-order valence-corrected chi connectivity index (χ4v) is 17.6. The normalized spacial score (nSPS) is 20.3. The van der Waals surface area contributed by atoms with Crippen molar-refractivity contribution in [2.45, 2.75) is 44.6 Å². The molecule has 2 aliphatic carbocycles. The molecule has 3 aliphatic rings. The molecule has 0 N–H and O–H groups in total. The second-order valence-corrected chi connectivity index (χ2v) is 22.0. The fourth-order valence-electron chi connectivity index (χ4n) is 11.4. The third kappa shape index (κ3) is 5.09. The summed E-state index contributed by atoms with van der Waals surface area (Å²) in [4.78, 5) is 2.57. The van der Waals surface area contributed by atoms with Crippen molar-refractivity contribution in [3.8, 4) is 11.4 Å². The van der Waals surface area contributed by atoms with E-state index in [1.165, 1.54) is 93.5 Å². The van der Waals surface area contributed by atoms with Gasteiger partial charge in [0.2, 0.25) is 0 Å². The van der Waals surface area contributed by atoms with Gasteiger partial charge in [-0.2, -0.15) is 0 Å². The highest BCUT2D eigenvalue weighted by atomic mass is 28.3. The van der Waals surface area contributed by atoms with Crippen molar-refractivity contribution >= 4 is 79.5 Å². The molecule has 2 aromatic heterocycles. The average molecular weight is 802 g/mol. The van der Waals surface area contributed by atoms with Crippen LogP contribution in [0, 0.1) is 6.92 Å². The first-order chi connectivity index (χ1) is 30.0. The van der Waals surface area contributed by atoms with Crippen molar-refractivity contribution < 1.29 is 0 Å². The van der Waals surface area contributed by atoms with Gasteiger partial charge in [0.15, 0.2) is 8.07 Å². The first-order valence-corrected chi connectivity index (χ1v) is 23.8. The number of hydrogen-bond donors (Lipinski definition) is 0. The molecule has 4 heteroatoms. The number of allylic oxidation sites excluding steroid dienone is 5. The average Bonchev–Trinajstić information content (AvgIpc) is 3.83. The Morgan fingerprint density at radius 1 is 0.557 bits per heavy atom. The molecule has 0 bridgehead atoms. The maximum atomic E-state index is 2.63. The number of aryl methyl sites for hydroxylation is 1. The molecule has 1 aliphatic heterocycles. The van der Waals surface area contributed by atoms with Gasteiger partial charge in [0.25, 0.3) is 0 Å². The Hall–Kier alpha value is -6.88. The van der Waals surface area contributed by atoms with Gasteiger partial charge in [-0.25, -0.2) is 0 Å². The van der Waals surface area contributed by atoms with Crippen LogP contribution in [0.4, 0.5) is 17.1 Å². The van der Waals surface area contributed by atoms with Crippen molar-refractivity contribution in [2.24, 2.45) is 0 Å². The number of nitrogens with zero attached hydrogens (tertiary/aromatic N) is 3. The Balaban J connectivity index is 1.24. The van der Waals surface area contributed by atoms with Crippen LogP contribution in [0.2, 0.25) is 5.04 Å². The van der Waals surface area contributed by atoms with Crippen LogP contribution in [0.1, 0.15) is 49.4 Å². The van der Waals surface area contributed by atoms with E-state index in [0.29, 0.717) is 5.92 Å². The molecule has 12 rings (SSSR count). The summed E-state index contributed by atoms with van der Waals surface area (Å²) in [7, 11) is -3.07. The van der Waals surface area contributed by atoms with Crippen LogP contribution in [0.15, 0.2) is 194 Å². The van der Waals surface area contributed by atoms with E-state index in [2.05, 4.69) is 235 Å². The minimum Gasteiger partial charge on any atom is -0.313 e. The van der Waals surface area contributed by atoms with Gasteiger partial charge in [-0.1, -0.05) is 153 Å². The lowest BCUT2D eigenvalue weighted by Crippen LogP contribution is -2.75. The zero-order valence-electron chi connectivity index (χ0n) is 34.9. The molecule has 0 saturated carbocycles. The molecule has 0 amide bonds. The van der Waals surface area contributed by atoms with Gasteiger partial charge in [0.05, 0.1) is 16.6 Å². The second-order valence-electron chi connectivity index (χ2n) is 17.7. The Morgan fingerprint density at radius 2 is 1.11 bits per heavy atom. The lowest BCUT2D eigenvalue weighted by molar-refractivity contribution is 0.723. The SMILES string of the molecule is Cc1ccc(N2c3ccc(-n4c5c(c6ccccc64)C=CCC5C)cc3[Si](c3ccccc3)(C3(C)C=CC=CC3)c3cc(-n4c5ccccc5c5ccccc54)ccc32)cc1. The molecule has 61 heavy (non-hydrogen) atoms. The summed E-state index contributed by atoms with van der Waals surface area (Å²) in [5.41, 5.74) is 13.9. The summed E-state index contributed by atoms with van der Waals surface area (Å²) in [6, 6.07) is 62.4.